The van der Waals surface area contributed by atoms with Crippen LogP contribution in [0.1, 0.15) is 203 Å². The van der Waals surface area contributed by atoms with Gasteiger partial charge in [0, 0.05) is 85.1 Å². The van der Waals surface area contributed by atoms with Gasteiger partial charge in [-0.2, -0.15) is 35.1 Å². The molecule has 10 rings (SSSR count). The van der Waals surface area contributed by atoms with E-state index in [1.54, 1.807) is 12.1 Å². The minimum Gasteiger partial charge on any atom is -0.487 e. The van der Waals surface area contributed by atoms with Gasteiger partial charge >= 0.3 is 29.7 Å². The van der Waals surface area contributed by atoms with Crippen molar-refractivity contribution in [2.24, 2.45) is 44.8 Å². The van der Waals surface area contributed by atoms with Gasteiger partial charge in [0.05, 0.1) is 29.4 Å². The maximum atomic E-state index is 15.4. The van der Waals surface area contributed by atoms with E-state index in [0.29, 0.717) is 59.0 Å². The topological polar surface area (TPSA) is 134 Å². The highest BCUT2D eigenvalue weighted by Gasteiger charge is 2.81. The van der Waals surface area contributed by atoms with Crippen molar-refractivity contribution in [3.8, 4) is 11.5 Å². The van der Waals surface area contributed by atoms with Crippen LogP contribution in [-0.4, -0.2) is 80.7 Å². The number of unbranched alkanes of at least 4 members (excludes halogenated alkanes) is 2. The fourth-order valence-corrected chi connectivity index (χ4v) is 15.5. The third-order valence-corrected chi connectivity index (χ3v) is 20.6. The summed E-state index contributed by atoms with van der Waals surface area (Å²) in [4.78, 5) is 47.5. The van der Waals surface area contributed by atoms with Gasteiger partial charge < -0.3 is 28.7 Å². The first-order valence-corrected chi connectivity index (χ1v) is 37.6. The van der Waals surface area contributed by atoms with Gasteiger partial charge in [-0.15, -0.1) is 0 Å². The van der Waals surface area contributed by atoms with E-state index in [0.717, 1.165) is 161 Å². The van der Waals surface area contributed by atoms with Crippen LogP contribution in [0, 0.1) is 34.5 Å². The molecule has 0 fully saturated rings. The Morgan fingerprint density at radius 2 is 0.963 bits per heavy atom. The summed E-state index contributed by atoms with van der Waals surface area (Å²) in [5, 5.41) is 24.4. The number of oxime groups is 2. The molecule has 0 saturated carbocycles. The number of fused-ring (bicyclic) bond motifs is 10. The SMILES string of the molecule is CCCCC(CC)Cn1c2ccc(C(=O)CC(C)CC(C)(C)C)cc2c2cc(CC(=O)O/N=C/c3ccc(OCC(F)(F)C(F)(F)C(F)(F)C(F)(F)COc4ccc(C(=O)c5cc6c7cc(/C(CC(C)CC(C)(C)C)=N\O)ccc7n(CC(CC)CCCC)c6c6ccccc56)cc4)cc3)c3ccccc3c21. The predicted molar refractivity (Wildman–Crippen MR) is 413 cm³/mol. The van der Waals surface area contributed by atoms with Crippen molar-refractivity contribution >= 4 is 94.6 Å². The lowest BCUT2D eigenvalue weighted by molar-refractivity contribution is -0.371. The number of nitrogens with zero attached hydrogens (tertiary/aromatic N) is 4. The van der Waals surface area contributed by atoms with Crippen LogP contribution < -0.4 is 9.47 Å². The van der Waals surface area contributed by atoms with Crippen molar-refractivity contribution in [2.45, 2.75) is 203 Å². The summed E-state index contributed by atoms with van der Waals surface area (Å²) in [7, 11) is 0. The Morgan fingerprint density at radius 3 is 1.46 bits per heavy atom. The molecule has 19 heteroatoms. The molecular weight excluding hydrogens is 1380 g/mol. The monoisotopic (exact) mass is 1480 g/mol. The van der Waals surface area contributed by atoms with Crippen LogP contribution in [0.15, 0.2) is 156 Å². The van der Waals surface area contributed by atoms with Gasteiger partial charge in [0.15, 0.2) is 24.8 Å². The molecule has 0 radical (unpaired) electrons. The lowest BCUT2D eigenvalue weighted by Crippen LogP contribution is -2.65. The Kier molecular flexibility index (Phi) is 24.9. The number of Topliss-reactive ketones (excluding diaryl/α,β-unsaturated/α-hetero) is 1. The number of ketones is 2. The van der Waals surface area contributed by atoms with Gasteiger partial charge in [-0.3, -0.25) is 9.59 Å². The average Bonchev–Trinajstić information content (AvgIpc) is 1.61. The normalized spacial score (nSPS) is 14.3. The smallest absolute Gasteiger partial charge is 0.381 e. The molecule has 0 bridgehead atoms. The first-order valence-electron chi connectivity index (χ1n) is 37.6. The van der Waals surface area contributed by atoms with E-state index in [9.17, 15) is 19.6 Å². The maximum Gasteiger partial charge on any atom is 0.381 e. The Bertz CT molecular complexity index is 4890. The molecule has 2 aromatic heterocycles. The Hall–Kier alpha value is -9.13. The van der Waals surface area contributed by atoms with Crippen molar-refractivity contribution in [1.29, 1.82) is 0 Å². The van der Waals surface area contributed by atoms with Crippen LogP contribution in [0.4, 0.5) is 35.1 Å². The minimum absolute atomic E-state index is 0.0301. The van der Waals surface area contributed by atoms with Crippen molar-refractivity contribution in [2.75, 3.05) is 13.2 Å². The molecule has 0 aliphatic carbocycles. The van der Waals surface area contributed by atoms with Gasteiger partial charge in [-0.1, -0.05) is 187 Å². The van der Waals surface area contributed by atoms with Crippen LogP contribution in [0.3, 0.4) is 0 Å². The van der Waals surface area contributed by atoms with Crippen molar-refractivity contribution in [3.63, 3.8) is 0 Å². The number of ether oxygens (including phenoxy) is 2. The molecule has 4 atom stereocenters. The zero-order valence-corrected chi connectivity index (χ0v) is 63.5. The Morgan fingerprint density at radius 1 is 0.514 bits per heavy atom. The molecule has 107 heavy (non-hydrogen) atoms. The van der Waals surface area contributed by atoms with Gasteiger partial charge in [-0.05, 0) is 180 Å². The molecule has 0 aliphatic heterocycles. The average molecular weight is 1480 g/mol. The number of benzene rings is 8. The zero-order valence-electron chi connectivity index (χ0n) is 63.5. The van der Waals surface area contributed by atoms with Gasteiger partial charge in [0.25, 0.3) is 0 Å². The fourth-order valence-electron chi connectivity index (χ4n) is 15.5. The minimum atomic E-state index is -6.70. The summed E-state index contributed by atoms with van der Waals surface area (Å²) >= 11 is 0. The lowest BCUT2D eigenvalue weighted by Gasteiger charge is -2.36. The number of hydrogen-bond donors (Lipinski definition) is 1. The van der Waals surface area contributed by atoms with E-state index >= 15 is 35.1 Å². The van der Waals surface area contributed by atoms with Gasteiger partial charge in [0.2, 0.25) is 0 Å². The molecule has 2 heterocycles. The quantitative estimate of drug-likeness (QED) is 0.0104. The second kappa shape index (κ2) is 33.2. The molecule has 11 nitrogen and oxygen atoms in total. The zero-order chi connectivity index (χ0) is 77.6. The number of carbonyl (C=O) groups is 3. The number of carbonyl (C=O) groups excluding carboxylic acids is 3. The molecule has 10 aromatic rings. The number of aromatic nitrogens is 2. The second-order valence-electron chi connectivity index (χ2n) is 31.9. The molecule has 570 valence electrons. The Labute approximate surface area is 621 Å². The third kappa shape index (κ3) is 18.0. The molecule has 0 aliphatic rings. The standard InChI is InChI=1S/C88H100F8N4O7/c1-13-17-23-57(15-3)51-99-77-40-34-62(78(101)42-56(6)49-84(10,11)12)44-71(77)72-45-63(66-25-19-21-27-68(66)80(72)99)46-79(102)107-97-50-59-29-35-64(36-30-59)105-53-85(89,90)87(93,94)88(95,96)86(91,92)54-106-65-37-31-60(32-38-65)82(103)74-47-73-70-43-61(75(98-104)41-55(5)48-83(7,8)9)33-39-76(70)100(52-58(16-4)24-18-14-2)81(73)69-28-22-20-26-67(69)74/h19-22,25-40,43-45,47,50,55-58,104H,13-18,23-24,41-42,46,48-49,51-54H2,1-12H3/b97-50+,98-75-. The summed E-state index contributed by atoms with van der Waals surface area (Å²) in [5.74, 6) is -26.3. The maximum absolute atomic E-state index is 15.4. The highest BCUT2D eigenvalue weighted by Crippen LogP contribution is 2.53. The van der Waals surface area contributed by atoms with Gasteiger partial charge in [-0.25, -0.2) is 4.79 Å². The first-order chi connectivity index (χ1) is 50.6. The predicted octanol–water partition coefficient (Wildman–Crippen LogP) is 24.3. The molecular formula is C88H100F8N4O7. The molecule has 8 aromatic carbocycles. The second-order valence-corrected chi connectivity index (χ2v) is 31.9. The number of alkyl halides is 8. The van der Waals surface area contributed by atoms with Gasteiger partial charge in [0.1, 0.15) is 11.5 Å². The number of hydrogen-bond acceptors (Lipinski definition) is 9. The van der Waals surface area contributed by atoms with E-state index in [1.807, 2.05) is 84.9 Å². The van der Waals surface area contributed by atoms with Crippen LogP contribution >= 0.6 is 0 Å². The highest BCUT2D eigenvalue weighted by molar-refractivity contribution is 6.26. The van der Waals surface area contributed by atoms with E-state index in [1.165, 1.54) is 24.3 Å². The molecule has 0 amide bonds. The van der Waals surface area contributed by atoms with Crippen LogP contribution in [0.5, 0.6) is 11.5 Å². The number of halogens is 8. The van der Waals surface area contributed by atoms with E-state index in [2.05, 4.69) is 103 Å². The summed E-state index contributed by atoms with van der Waals surface area (Å²) in [6, 6.07) is 39.7. The van der Waals surface area contributed by atoms with Crippen LogP contribution in [0.25, 0.3) is 65.2 Å². The van der Waals surface area contributed by atoms with Crippen LogP contribution in [-0.2, 0) is 29.1 Å². The van der Waals surface area contributed by atoms with E-state index < -0.39 is 60.2 Å². The molecule has 4 unspecified atom stereocenters. The Balaban J connectivity index is 0.798. The third-order valence-electron chi connectivity index (χ3n) is 20.6. The van der Waals surface area contributed by atoms with Crippen molar-refractivity contribution in [3.05, 3.63) is 179 Å². The summed E-state index contributed by atoms with van der Waals surface area (Å²) < 4.78 is 137. The van der Waals surface area contributed by atoms with Crippen molar-refractivity contribution in [1.82, 2.24) is 9.13 Å². The van der Waals surface area contributed by atoms with Crippen LogP contribution in [0.2, 0.25) is 0 Å². The summed E-state index contributed by atoms with van der Waals surface area (Å²) in [5.41, 5.74) is 6.88. The van der Waals surface area contributed by atoms with E-state index in [4.69, 9.17) is 14.3 Å². The summed E-state index contributed by atoms with van der Waals surface area (Å²) in [6.07, 6.45) is 11.8. The molecule has 0 spiro atoms. The molecule has 1 N–H and O–H groups in total. The fraction of sp³-hybridized carbons (Fsp3) is 0.443. The number of rotatable bonds is 35. The summed E-state index contributed by atoms with van der Waals surface area (Å²) in [6.45, 7) is 22.4. The van der Waals surface area contributed by atoms with Crippen molar-refractivity contribution < 1.29 is 69.0 Å². The lowest BCUT2D eigenvalue weighted by atomic mass is 9.82. The van der Waals surface area contributed by atoms with E-state index in [-0.39, 0.29) is 51.6 Å². The molecule has 0 saturated heterocycles. The highest BCUT2D eigenvalue weighted by atomic mass is 19.4. The largest absolute Gasteiger partial charge is 0.487 e. The first kappa shape index (κ1) is 80.4.